The molecule has 0 spiro atoms. The second-order valence-corrected chi connectivity index (χ2v) is 6.82. The lowest BCUT2D eigenvalue weighted by molar-refractivity contribution is 0.182. The molecule has 1 aliphatic heterocycles. The smallest absolute Gasteiger partial charge is 0.151 e. The van der Waals surface area contributed by atoms with Gasteiger partial charge in [-0.05, 0) is 23.7 Å². The minimum atomic E-state index is -2.76. The van der Waals surface area contributed by atoms with Gasteiger partial charge in [-0.1, -0.05) is 26.0 Å². The first-order valence-corrected chi connectivity index (χ1v) is 6.63. The number of fused-ring (bicyclic) bond motifs is 1. The van der Waals surface area contributed by atoms with Gasteiger partial charge in [0.15, 0.2) is 9.84 Å². The van der Waals surface area contributed by atoms with Crippen molar-refractivity contribution >= 4 is 9.84 Å². The maximum atomic E-state index is 11.5. The number of sulfone groups is 1. The second kappa shape index (κ2) is 2.59. The van der Waals surface area contributed by atoms with E-state index in [1.165, 1.54) is 0 Å². The van der Waals surface area contributed by atoms with E-state index in [-0.39, 0.29) is 5.41 Å². The van der Waals surface area contributed by atoms with Crippen molar-refractivity contribution in [2.24, 2.45) is 17.3 Å². The standard InChI is InChI=1S/C10H16O2S/c1-8-4-3-5-9-6-13(11,12)7-10(8,9)2/h3-4,8-9H,5-7H2,1-2H3/t8-,9-,10+/m1/s1. The monoisotopic (exact) mass is 200 g/mol. The van der Waals surface area contributed by atoms with Crippen LogP contribution < -0.4 is 0 Å². The summed E-state index contributed by atoms with van der Waals surface area (Å²) in [5, 5.41) is 0. The van der Waals surface area contributed by atoms with Crippen LogP contribution in [0.3, 0.4) is 0 Å². The van der Waals surface area contributed by atoms with Crippen molar-refractivity contribution in [1.29, 1.82) is 0 Å². The van der Waals surface area contributed by atoms with Gasteiger partial charge in [0.25, 0.3) is 0 Å². The molecule has 0 N–H and O–H groups in total. The quantitative estimate of drug-likeness (QED) is 0.557. The third-order valence-corrected chi connectivity index (χ3v) is 5.78. The van der Waals surface area contributed by atoms with Gasteiger partial charge in [-0.25, -0.2) is 8.42 Å². The molecule has 0 aromatic carbocycles. The summed E-state index contributed by atoms with van der Waals surface area (Å²) in [6.45, 7) is 4.25. The zero-order valence-electron chi connectivity index (χ0n) is 8.16. The van der Waals surface area contributed by atoms with Gasteiger partial charge in [-0.3, -0.25) is 0 Å². The first-order valence-electron chi connectivity index (χ1n) is 4.81. The molecule has 2 nitrogen and oxygen atoms in total. The molecule has 74 valence electrons. The van der Waals surface area contributed by atoms with Crippen LogP contribution in [0.1, 0.15) is 20.3 Å². The summed E-state index contributed by atoms with van der Waals surface area (Å²) in [5.41, 5.74) is 0.00752. The lowest BCUT2D eigenvalue weighted by Gasteiger charge is -2.37. The molecule has 3 atom stereocenters. The van der Waals surface area contributed by atoms with Crippen molar-refractivity contribution in [1.82, 2.24) is 0 Å². The Morgan fingerprint density at radius 3 is 2.77 bits per heavy atom. The molecule has 0 bridgehead atoms. The van der Waals surface area contributed by atoms with Gasteiger partial charge in [0, 0.05) is 0 Å². The van der Waals surface area contributed by atoms with Gasteiger partial charge >= 0.3 is 0 Å². The fraction of sp³-hybridized carbons (Fsp3) is 0.800. The predicted octanol–water partition coefficient (Wildman–Crippen LogP) is 1.63. The molecule has 0 aromatic rings. The Kier molecular flexibility index (Phi) is 1.85. The average Bonchev–Trinajstić information content (AvgIpc) is 2.22. The summed E-state index contributed by atoms with van der Waals surface area (Å²) >= 11 is 0. The predicted molar refractivity (Wildman–Crippen MR) is 53.2 cm³/mol. The summed E-state index contributed by atoms with van der Waals surface area (Å²) in [6, 6.07) is 0. The van der Waals surface area contributed by atoms with Crippen LogP contribution in [-0.4, -0.2) is 19.9 Å². The number of allylic oxidation sites excluding steroid dienone is 2. The van der Waals surface area contributed by atoms with Gasteiger partial charge < -0.3 is 0 Å². The topological polar surface area (TPSA) is 34.1 Å². The Morgan fingerprint density at radius 1 is 1.46 bits per heavy atom. The average molecular weight is 200 g/mol. The molecule has 3 heteroatoms. The Labute approximate surface area is 79.9 Å². The van der Waals surface area contributed by atoms with E-state index in [0.29, 0.717) is 23.3 Å². The number of rotatable bonds is 0. The fourth-order valence-corrected chi connectivity index (χ4v) is 5.35. The highest BCUT2D eigenvalue weighted by atomic mass is 32.2. The number of hydrogen-bond acceptors (Lipinski definition) is 2. The van der Waals surface area contributed by atoms with Gasteiger partial charge in [-0.2, -0.15) is 0 Å². The Bertz CT molecular complexity index is 342. The van der Waals surface area contributed by atoms with Gasteiger partial charge in [0.1, 0.15) is 0 Å². The minimum Gasteiger partial charge on any atom is -0.229 e. The Hall–Kier alpha value is -0.310. The summed E-state index contributed by atoms with van der Waals surface area (Å²) in [6.07, 6.45) is 5.25. The lowest BCUT2D eigenvalue weighted by Crippen LogP contribution is -2.34. The molecule has 1 fully saturated rings. The Morgan fingerprint density at radius 2 is 2.15 bits per heavy atom. The largest absolute Gasteiger partial charge is 0.229 e. The van der Waals surface area contributed by atoms with E-state index in [4.69, 9.17) is 0 Å². The van der Waals surface area contributed by atoms with Crippen LogP contribution in [0.4, 0.5) is 0 Å². The van der Waals surface area contributed by atoms with Crippen LogP contribution in [-0.2, 0) is 9.84 Å². The lowest BCUT2D eigenvalue weighted by atomic mass is 9.67. The maximum absolute atomic E-state index is 11.5. The van der Waals surface area contributed by atoms with Crippen LogP contribution in [0.5, 0.6) is 0 Å². The van der Waals surface area contributed by atoms with Crippen LogP contribution >= 0.6 is 0 Å². The van der Waals surface area contributed by atoms with E-state index in [0.717, 1.165) is 6.42 Å². The summed E-state index contributed by atoms with van der Waals surface area (Å²) in [5.74, 6) is 1.55. The molecular formula is C10H16O2S. The highest BCUT2D eigenvalue weighted by Gasteiger charge is 2.49. The van der Waals surface area contributed by atoms with Crippen LogP contribution in [0.2, 0.25) is 0 Å². The SMILES string of the molecule is C[C@@H]1C=CC[C@@H]2CS(=O)(=O)C[C@]21C. The third-order valence-electron chi connectivity index (χ3n) is 3.80. The molecular weight excluding hydrogens is 184 g/mol. The molecule has 1 saturated heterocycles. The molecule has 2 rings (SSSR count). The highest BCUT2D eigenvalue weighted by molar-refractivity contribution is 7.91. The van der Waals surface area contributed by atoms with Crippen molar-refractivity contribution in [2.45, 2.75) is 20.3 Å². The van der Waals surface area contributed by atoms with Crippen LogP contribution in [0.25, 0.3) is 0 Å². The van der Waals surface area contributed by atoms with Crippen LogP contribution in [0.15, 0.2) is 12.2 Å². The third kappa shape index (κ3) is 1.33. The van der Waals surface area contributed by atoms with Crippen molar-refractivity contribution < 1.29 is 8.42 Å². The molecule has 0 aromatic heterocycles. The van der Waals surface area contributed by atoms with E-state index in [1.54, 1.807) is 0 Å². The second-order valence-electron chi connectivity index (χ2n) is 4.71. The zero-order valence-corrected chi connectivity index (χ0v) is 8.97. The van der Waals surface area contributed by atoms with E-state index in [9.17, 15) is 8.42 Å². The van der Waals surface area contributed by atoms with E-state index in [2.05, 4.69) is 26.0 Å². The fourth-order valence-electron chi connectivity index (χ4n) is 2.65. The van der Waals surface area contributed by atoms with Gasteiger partial charge in [0.05, 0.1) is 11.5 Å². The molecule has 1 heterocycles. The molecule has 0 unspecified atom stereocenters. The normalized spacial score (nSPS) is 47.5. The first kappa shape index (κ1) is 9.25. The molecule has 0 saturated carbocycles. The molecule has 0 amide bonds. The van der Waals surface area contributed by atoms with E-state index >= 15 is 0 Å². The first-order chi connectivity index (χ1) is 5.94. The summed E-state index contributed by atoms with van der Waals surface area (Å²) < 4.78 is 23.0. The van der Waals surface area contributed by atoms with Crippen molar-refractivity contribution in [2.75, 3.05) is 11.5 Å². The molecule has 0 radical (unpaired) electrons. The number of hydrogen-bond donors (Lipinski definition) is 0. The van der Waals surface area contributed by atoms with E-state index in [1.807, 2.05) is 0 Å². The van der Waals surface area contributed by atoms with Crippen LogP contribution in [0, 0.1) is 17.3 Å². The van der Waals surface area contributed by atoms with Gasteiger partial charge in [-0.15, -0.1) is 0 Å². The Balaban J connectivity index is 2.39. The van der Waals surface area contributed by atoms with Crippen molar-refractivity contribution in [3.05, 3.63) is 12.2 Å². The molecule has 13 heavy (non-hydrogen) atoms. The summed E-state index contributed by atoms with van der Waals surface area (Å²) in [4.78, 5) is 0. The zero-order chi connectivity index (χ0) is 9.69. The van der Waals surface area contributed by atoms with Gasteiger partial charge in [0.2, 0.25) is 0 Å². The maximum Gasteiger partial charge on any atom is 0.151 e. The van der Waals surface area contributed by atoms with E-state index < -0.39 is 9.84 Å². The van der Waals surface area contributed by atoms with Crippen molar-refractivity contribution in [3.63, 3.8) is 0 Å². The molecule has 2 aliphatic rings. The van der Waals surface area contributed by atoms with Crippen molar-refractivity contribution in [3.8, 4) is 0 Å². The highest BCUT2D eigenvalue weighted by Crippen LogP contribution is 2.48. The molecule has 1 aliphatic carbocycles. The summed E-state index contributed by atoms with van der Waals surface area (Å²) in [7, 11) is -2.76. The minimum absolute atomic E-state index is 0.00752.